The molecule has 0 amide bonds. The van der Waals surface area contributed by atoms with E-state index in [-0.39, 0.29) is 0 Å². The van der Waals surface area contributed by atoms with Crippen molar-refractivity contribution in [2.45, 2.75) is 44.7 Å². The Labute approximate surface area is 119 Å². The van der Waals surface area contributed by atoms with Gasteiger partial charge in [-0.25, -0.2) is 0 Å². The van der Waals surface area contributed by atoms with Crippen LogP contribution in [0.5, 0.6) is 0 Å². The highest BCUT2D eigenvalue weighted by Gasteiger charge is 2.16. The van der Waals surface area contributed by atoms with Crippen LogP contribution in [0.1, 0.15) is 32.6 Å². The van der Waals surface area contributed by atoms with Gasteiger partial charge in [-0.3, -0.25) is 0 Å². The smallest absolute Gasteiger partial charge is 0.0823 e. The molecule has 0 bridgehead atoms. The Kier molecular flexibility index (Phi) is 5.16. The van der Waals surface area contributed by atoms with Gasteiger partial charge in [0.15, 0.2) is 0 Å². The standard InChI is InChI=1S/C14H20Cl2N2/c1-10(9-11-5-2-3-8-17-11)18-13-7-4-6-12(15)14(13)16/h4,6-7,10-11,17-18H,2-3,5,8-9H2,1H3. The monoisotopic (exact) mass is 286 g/mol. The zero-order valence-corrected chi connectivity index (χ0v) is 12.2. The van der Waals surface area contributed by atoms with Crippen molar-refractivity contribution in [1.82, 2.24) is 5.32 Å². The second-order valence-electron chi connectivity index (χ2n) is 5.03. The van der Waals surface area contributed by atoms with Crippen LogP contribution in [0, 0.1) is 0 Å². The lowest BCUT2D eigenvalue weighted by molar-refractivity contribution is 0.371. The first-order valence-electron chi connectivity index (χ1n) is 6.60. The van der Waals surface area contributed by atoms with Crippen molar-refractivity contribution >= 4 is 28.9 Å². The van der Waals surface area contributed by atoms with Crippen LogP contribution in [0.4, 0.5) is 5.69 Å². The molecule has 2 unspecified atom stereocenters. The number of benzene rings is 1. The minimum atomic E-state index is 0.386. The molecular weight excluding hydrogens is 267 g/mol. The first-order chi connectivity index (χ1) is 8.66. The Morgan fingerprint density at radius 3 is 2.94 bits per heavy atom. The van der Waals surface area contributed by atoms with Gasteiger partial charge in [0, 0.05) is 12.1 Å². The van der Waals surface area contributed by atoms with Crippen LogP contribution in [-0.4, -0.2) is 18.6 Å². The maximum atomic E-state index is 6.17. The lowest BCUT2D eigenvalue weighted by Gasteiger charge is -2.27. The van der Waals surface area contributed by atoms with Gasteiger partial charge in [-0.1, -0.05) is 35.7 Å². The molecule has 1 aromatic carbocycles. The third-order valence-corrected chi connectivity index (χ3v) is 4.22. The molecule has 0 saturated carbocycles. The van der Waals surface area contributed by atoms with Gasteiger partial charge in [-0.15, -0.1) is 0 Å². The van der Waals surface area contributed by atoms with Gasteiger partial charge < -0.3 is 10.6 Å². The lowest BCUT2D eigenvalue weighted by Crippen LogP contribution is -2.37. The minimum absolute atomic E-state index is 0.386. The molecule has 2 nitrogen and oxygen atoms in total. The summed E-state index contributed by atoms with van der Waals surface area (Å²) in [6.07, 6.45) is 5.03. The van der Waals surface area contributed by atoms with Crippen molar-refractivity contribution in [2.24, 2.45) is 0 Å². The van der Waals surface area contributed by atoms with Crippen molar-refractivity contribution in [3.8, 4) is 0 Å². The van der Waals surface area contributed by atoms with Crippen LogP contribution >= 0.6 is 23.2 Å². The molecule has 1 aromatic rings. The number of anilines is 1. The van der Waals surface area contributed by atoms with Crippen molar-refractivity contribution in [3.05, 3.63) is 28.2 Å². The lowest BCUT2D eigenvalue weighted by atomic mass is 9.99. The molecule has 0 aromatic heterocycles. The summed E-state index contributed by atoms with van der Waals surface area (Å²) in [6.45, 7) is 3.34. The molecule has 1 saturated heterocycles. The highest BCUT2D eigenvalue weighted by atomic mass is 35.5. The van der Waals surface area contributed by atoms with E-state index in [9.17, 15) is 0 Å². The van der Waals surface area contributed by atoms with Crippen LogP contribution in [0.25, 0.3) is 0 Å². The van der Waals surface area contributed by atoms with E-state index in [1.54, 1.807) is 0 Å². The van der Waals surface area contributed by atoms with Crippen LogP contribution < -0.4 is 10.6 Å². The average Bonchev–Trinajstić information content (AvgIpc) is 2.36. The zero-order chi connectivity index (χ0) is 13.0. The van der Waals surface area contributed by atoms with Gasteiger partial charge in [0.2, 0.25) is 0 Å². The van der Waals surface area contributed by atoms with Crippen molar-refractivity contribution < 1.29 is 0 Å². The maximum Gasteiger partial charge on any atom is 0.0823 e. The van der Waals surface area contributed by atoms with Crippen molar-refractivity contribution in [3.63, 3.8) is 0 Å². The summed E-state index contributed by atoms with van der Waals surface area (Å²) in [5.41, 5.74) is 0.924. The minimum Gasteiger partial charge on any atom is -0.381 e. The molecule has 1 heterocycles. The van der Waals surface area contributed by atoms with Gasteiger partial charge in [0.25, 0.3) is 0 Å². The Bertz CT molecular complexity index is 389. The predicted molar refractivity (Wildman–Crippen MR) is 79.8 cm³/mol. The number of halogens is 2. The van der Waals surface area contributed by atoms with Gasteiger partial charge in [-0.05, 0) is 44.9 Å². The van der Waals surface area contributed by atoms with E-state index in [0.29, 0.717) is 22.1 Å². The number of rotatable bonds is 4. The maximum absolute atomic E-state index is 6.17. The molecule has 0 radical (unpaired) electrons. The summed E-state index contributed by atoms with van der Waals surface area (Å²) in [5.74, 6) is 0. The Balaban J connectivity index is 1.90. The normalized spacial score (nSPS) is 21.6. The number of hydrogen-bond donors (Lipinski definition) is 2. The SMILES string of the molecule is CC(CC1CCCCN1)Nc1cccc(Cl)c1Cl. The number of nitrogens with one attached hydrogen (secondary N) is 2. The molecule has 1 aliphatic heterocycles. The van der Waals surface area contributed by atoms with E-state index >= 15 is 0 Å². The van der Waals surface area contributed by atoms with E-state index in [2.05, 4.69) is 17.6 Å². The van der Waals surface area contributed by atoms with Crippen LogP contribution in [0.2, 0.25) is 10.0 Å². The van der Waals surface area contributed by atoms with E-state index in [4.69, 9.17) is 23.2 Å². The third-order valence-electron chi connectivity index (χ3n) is 3.40. The van der Waals surface area contributed by atoms with Crippen molar-refractivity contribution in [1.29, 1.82) is 0 Å². The molecular formula is C14H20Cl2N2. The molecule has 0 spiro atoms. The Morgan fingerprint density at radius 1 is 1.39 bits per heavy atom. The van der Waals surface area contributed by atoms with Gasteiger partial charge in [0.1, 0.15) is 0 Å². The Morgan fingerprint density at radius 2 is 2.22 bits per heavy atom. The molecule has 4 heteroatoms. The largest absolute Gasteiger partial charge is 0.381 e. The number of piperidine rings is 1. The molecule has 2 N–H and O–H groups in total. The fraction of sp³-hybridized carbons (Fsp3) is 0.571. The highest BCUT2D eigenvalue weighted by molar-refractivity contribution is 6.43. The first-order valence-corrected chi connectivity index (χ1v) is 7.36. The van der Waals surface area contributed by atoms with E-state index in [1.807, 2.05) is 18.2 Å². The summed E-state index contributed by atoms with van der Waals surface area (Å²) in [6, 6.07) is 6.71. The molecule has 1 fully saturated rings. The predicted octanol–water partition coefficient (Wildman–Crippen LogP) is 4.33. The fourth-order valence-corrected chi connectivity index (χ4v) is 2.85. The van der Waals surface area contributed by atoms with Crippen LogP contribution in [0.3, 0.4) is 0 Å². The molecule has 2 atom stereocenters. The summed E-state index contributed by atoms with van der Waals surface area (Å²) < 4.78 is 0. The zero-order valence-electron chi connectivity index (χ0n) is 10.7. The van der Waals surface area contributed by atoms with Gasteiger partial charge in [0.05, 0.1) is 15.7 Å². The molecule has 18 heavy (non-hydrogen) atoms. The summed E-state index contributed by atoms with van der Waals surface area (Å²) >= 11 is 12.2. The molecule has 100 valence electrons. The third kappa shape index (κ3) is 3.78. The second-order valence-corrected chi connectivity index (χ2v) is 5.81. The topological polar surface area (TPSA) is 24.1 Å². The summed E-state index contributed by atoms with van der Waals surface area (Å²) in [7, 11) is 0. The highest BCUT2D eigenvalue weighted by Crippen LogP contribution is 2.30. The average molecular weight is 287 g/mol. The Hall–Kier alpha value is -0.440. The van der Waals surface area contributed by atoms with E-state index < -0.39 is 0 Å². The number of hydrogen-bond acceptors (Lipinski definition) is 2. The molecule has 0 aliphatic carbocycles. The summed E-state index contributed by atoms with van der Waals surface area (Å²) in [5, 5.41) is 8.22. The van der Waals surface area contributed by atoms with E-state index in [0.717, 1.165) is 18.7 Å². The molecule has 1 aliphatic rings. The first kappa shape index (κ1) is 14.0. The summed E-state index contributed by atoms with van der Waals surface area (Å²) in [4.78, 5) is 0. The second kappa shape index (κ2) is 6.65. The quantitative estimate of drug-likeness (QED) is 0.861. The molecule has 2 rings (SSSR count). The van der Waals surface area contributed by atoms with Crippen LogP contribution in [-0.2, 0) is 0 Å². The van der Waals surface area contributed by atoms with Crippen molar-refractivity contribution in [2.75, 3.05) is 11.9 Å². The fourth-order valence-electron chi connectivity index (χ4n) is 2.49. The van der Waals surface area contributed by atoms with Crippen LogP contribution in [0.15, 0.2) is 18.2 Å². The van der Waals surface area contributed by atoms with Gasteiger partial charge >= 0.3 is 0 Å². The van der Waals surface area contributed by atoms with Gasteiger partial charge in [-0.2, -0.15) is 0 Å². The van der Waals surface area contributed by atoms with E-state index in [1.165, 1.54) is 19.3 Å².